The van der Waals surface area contributed by atoms with Gasteiger partial charge in [0.05, 0.1) is 14.2 Å². The molecule has 7 heteroatoms. The molecule has 2 rings (SSSR count). The minimum absolute atomic E-state index is 0.205. The van der Waals surface area contributed by atoms with E-state index >= 15 is 0 Å². The molecule has 0 radical (unpaired) electrons. The van der Waals surface area contributed by atoms with E-state index in [4.69, 9.17) is 14.2 Å². The first kappa shape index (κ1) is 19.8. The number of nitrogens with one attached hydrogen (secondary N) is 2. The van der Waals surface area contributed by atoms with Crippen LogP contribution in [0.4, 0.5) is 0 Å². The van der Waals surface area contributed by atoms with Gasteiger partial charge < -0.3 is 14.2 Å². The summed E-state index contributed by atoms with van der Waals surface area (Å²) in [6, 6.07) is 12.6. The highest BCUT2D eigenvalue weighted by molar-refractivity contribution is 5.93. The molecule has 0 unspecified atom stereocenters. The van der Waals surface area contributed by atoms with Crippen molar-refractivity contribution in [2.75, 3.05) is 20.8 Å². The smallest absolute Gasteiger partial charge is 0.276 e. The number of benzene rings is 2. The number of hydrogen-bond acceptors (Lipinski definition) is 5. The second-order valence-corrected chi connectivity index (χ2v) is 5.59. The zero-order valence-electron chi connectivity index (χ0n) is 15.4. The second-order valence-electron chi connectivity index (χ2n) is 5.59. The maximum atomic E-state index is 11.8. The molecule has 0 aromatic heterocycles. The van der Waals surface area contributed by atoms with Gasteiger partial charge in [-0.15, -0.1) is 0 Å². The lowest BCUT2D eigenvalue weighted by atomic mass is 10.2. The van der Waals surface area contributed by atoms with Gasteiger partial charge in [-0.25, -0.2) is 0 Å². The maximum absolute atomic E-state index is 11.8. The summed E-state index contributed by atoms with van der Waals surface area (Å²) in [5, 5.41) is 0. The fraction of sp³-hybridized carbons (Fsp3) is 0.200. The molecule has 0 saturated heterocycles. The number of hydrazine groups is 1. The van der Waals surface area contributed by atoms with E-state index in [0.717, 1.165) is 11.1 Å². The van der Waals surface area contributed by atoms with Crippen molar-refractivity contribution in [2.24, 2.45) is 0 Å². The van der Waals surface area contributed by atoms with Crippen LogP contribution in [0.1, 0.15) is 11.1 Å². The third-order valence-corrected chi connectivity index (χ3v) is 3.52. The van der Waals surface area contributed by atoms with Gasteiger partial charge in [-0.1, -0.05) is 18.2 Å². The Labute approximate surface area is 157 Å². The number of hydrogen-bond donors (Lipinski definition) is 2. The number of carbonyl (C=O) groups excluding carboxylic acids is 2. The summed E-state index contributed by atoms with van der Waals surface area (Å²) in [5.74, 6) is 0.796. The zero-order chi connectivity index (χ0) is 19.6. The molecule has 142 valence electrons. The summed E-state index contributed by atoms with van der Waals surface area (Å²) in [7, 11) is 3.08. The molecule has 0 bridgehead atoms. The first-order valence-electron chi connectivity index (χ1n) is 8.20. The van der Waals surface area contributed by atoms with E-state index in [-0.39, 0.29) is 6.61 Å². The quantitative estimate of drug-likeness (QED) is 0.577. The molecule has 2 aromatic carbocycles. The van der Waals surface area contributed by atoms with E-state index in [0.29, 0.717) is 17.2 Å². The van der Waals surface area contributed by atoms with E-state index in [1.165, 1.54) is 13.2 Å². The van der Waals surface area contributed by atoms with Crippen LogP contribution in [0.2, 0.25) is 0 Å². The molecule has 0 fully saturated rings. The van der Waals surface area contributed by atoms with Crippen LogP contribution in [-0.2, 0) is 9.59 Å². The Morgan fingerprint density at radius 1 is 1.00 bits per heavy atom. The molecular formula is C20H22N2O5. The van der Waals surface area contributed by atoms with Gasteiger partial charge in [0, 0.05) is 6.08 Å². The van der Waals surface area contributed by atoms with E-state index in [2.05, 4.69) is 10.9 Å². The molecule has 0 saturated carbocycles. The van der Waals surface area contributed by atoms with Crippen LogP contribution in [0, 0.1) is 6.92 Å². The van der Waals surface area contributed by atoms with Gasteiger partial charge in [-0.3, -0.25) is 20.4 Å². The number of methoxy groups -OCH3 is 2. The Hall–Kier alpha value is -3.48. The first-order valence-corrected chi connectivity index (χ1v) is 8.20. The molecule has 0 aliphatic rings. The summed E-state index contributed by atoms with van der Waals surface area (Å²) in [6.07, 6.45) is 2.88. The van der Waals surface area contributed by atoms with Crippen LogP contribution in [0.5, 0.6) is 17.2 Å². The lowest BCUT2D eigenvalue weighted by Crippen LogP contribution is -2.43. The van der Waals surface area contributed by atoms with Gasteiger partial charge in [-0.05, 0) is 48.4 Å². The molecule has 2 N–H and O–H groups in total. The van der Waals surface area contributed by atoms with Gasteiger partial charge in [0.2, 0.25) is 0 Å². The topological polar surface area (TPSA) is 85.9 Å². The third kappa shape index (κ3) is 6.39. The first-order chi connectivity index (χ1) is 13.0. The summed E-state index contributed by atoms with van der Waals surface area (Å²) in [5.41, 5.74) is 6.35. The maximum Gasteiger partial charge on any atom is 0.276 e. The second kappa shape index (κ2) is 9.86. The predicted molar refractivity (Wildman–Crippen MR) is 102 cm³/mol. The number of aryl methyl sites for hydroxylation is 1. The zero-order valence-corrected chi connectivity index (χ0v) is 15.4. The summed E-state index contributed by atoms with van der Waals surface area (Å²) < 4.78 is 15.7. The van der Waals surface area contributed by atoms with Crippen molar-refractivity contribution in [3.05, 3.63) is 59.7 Å². The Morgan fingerprint density at radius 3 is 2.48 bits per heavy atom. The van der Waals surface area contributed by atoms with Crippen LogP contribution in [0.3, 0.4) is 0 Å². The number of rotatable bonds is 7. The standard InChI is InChI=1S/C20H22N2O5/c1-14-5-4-6-16(11-14)27-13-20(24)22-21-19(23)10-8-15-7-9-17(25-2)18(12-15)26-3/h4-12H,13H2,1-3H3,(H,21,23)(H,22,24). The van der Waals surface area contributed by atoms with Gasteiger partial charge in [-0.2, -0.15) is 0 Å². The fourth-order valence-electron chi connectivity index (χ4n) is 2.19. The molecule has 2 amide bonds. The summed E-state index contributed by atoms with van der Waals surface area (Å²) >= 11 is 0. The number of amides is 2. The van der Waals surface area contributed by atoms with Crippen LogP contribution >= 0.6 is 0 Å². The molecule has 0 atom stereocenters. The number of carbonyl (C=O) groups is 2. The highest BCUT2D eigenvalue weighted by atomic mass is 16.5. The highest BCUT2D eigenvalue weighted by Crippen LogP contribution is 2.27. The van der Waals surface area contributed by atoms with Crippen molar-refractivity contribution in [2.45, 2.75) is 6.92 Å². The molecule has 2 aromatic rings. The van der Waals surface area contributed by atoms with E-state index in [9.17, 15) is 9.59 Å². The largest absolute Gasteiger partial charge is 0.493 e. The normalized spacial score (nSPS) is 10.3. The van der Waals surface area contributed by atoms with Crippen LogP contribution in [-0.4, -0.2) is 32.6 Å². The molecule has 0 aliphatic carbocycles. The van der Waals surface area contributed by atoms with Crippen molar-refractivity contribution >= 4 is 17.9 Å². The Morgan fingerprint density at radius 2 is 1.78 bits per heavy atom. The lowest BCUT2D eigenvalue weighted by Gasteiger charge is -2.08. The van der Waals surface area contributed by atoms with E-state index in [1.807, 2.05) is 25.1 Å². The van der Waals surface area contributed by atoms with E-state index < -0.39 is 11.8 Å². The average molecular weight is 370 g/mol. The van der Waals surface area contributed by atoms with Crippen LogP contribution in [0.25, 0.3) is 6.08 Å². The van der Waals surface area contributed by atoms with Gasteiger partial charge >= 0.3 is 0 Å². The third-order valence-electron chi connectivity index (χ3n) is 3.52. The van der Waals surface area contributed by atoms with Gasteiger partial charge in [0.15, 0.2) is 18.1 Å². The minimum Gasteiger partial charge on any atom is -0.493 e. The lowest BCUT2D eigenvalue weighted by molar-refractivity contribution is -0.128. The molecule has 0 spiro atoms. The Kier molecular flexibility index (Phi) is 7.25. The summed E-state index contributed by atoms with van der Waals surface area (Å²) in [6.45, 7) is 1.72. The van der Waals surface area contributed by atoms with Crippen molar-refractivity contribution < 1.29 is 23.8 Å². The molecular weight excluding hydrogens is 348 g/mol. The minimum atomic E-state index is -0.478. The van der Waals surface area contributed by atoms with E-state index in [1.54, 1.807) is 37.5 Å². The Balaban J connectivity index is 1.79. The van der Waals surface area contributed by atoms with Gasteiger partial charge in [0.1, 0.15) is 5.75 Å². The van der Waals surface area contributed by atoms with Crippen LogP contribution < -0.4 is 25.1 Å². The van der Waals surface area contributed by atoms with Crippen molar-refractivity contribution in [3.8, 4) is 17.2 Å². The number of ether oxygens (including phenoxy) is 3. The fourth-order valence-corrected chi connectivity index (χ4v) is 2.19. The van der Waals surface area contributed by atoms with Crippen molar-refractivity contribution in [1.29, 1.82) is 0 Å². The van der Waals surface area contributed by atoms with Crippen molar-refractivity contribution in [3.63, 3.8) is 0 Å². The molecule has 7 nitrogen and oxygen atoms in total. The van der Waals surface area contributed by atoms with Crippen molar-refractivity contribution in [1.82, 2.24) is 10.9 Å². The molecule has 27 heavy (non-hydrogen) atoms. The monoisotopic (exact) mass is 370 g/mol. The molecule has 0 aliphatic heterocycles. The molecule has 0 heterocycles. The summed E-state index contributed by atoms with van der Waals surface area (Å²) in [4.78, 5) is 23.5. The predicted octanol–water partition coefficient (Wildman–Crippen LogP) is 2.25. The SMILES string of the molecule is COc1ccc(C=CC(=O)NNC(=O)COc2cccc(C)c2)cc1OC. The van der Waals surface area contributed by atoms with Crippen LogP contribution in [0.15, 0.2) is 48.5 Å². The Bertz CT molecular complexity index is 833. The average Bonchev–Trinajstić information content (AvgIpc) is 2.68. The highest BCUT2D eigenvalue weighted by Gasteiger charge is 2.05. The van der Waals surface area contributed by atoms with Gasteiger partial charge in [0.25, 0.3) is 11.8 Å².